The van der Waals surface area contributed by atoms with Crippen LogP contribution in [0.3, 0.4) is 0 Å². The molecule has 0 fully saturated rings. The first-order chi connectivity index (χ1) is 11.8. The molecule has 0 aliphatic rings. The Morgan fingerprint density at radius 3 is 2.28 bits per heavy atom. The predicted octanol–water partition coefficient (Wildman–Crippen LogP) is 3.23. The molecule has 1 amide bonds. The smallest absolute Gasteiger partial charge is 0.233 e. The summed E-state index contributed by atoms with van der Waals surface area (Å²) in [7, 11) is 3.55. The van der Waals surface area contributed by atoms with Gasteiger partial charge in [0.15, 0.2) is 11.0 Å². The maximum atomic E-state index is 12.5. The van der Waals surface area contributed by atoms with Crippen LogP contribution in [-0.2, 0) is 11.8 Å². The normalized spacial score (nSPS) is 11.2. The highest BCUT2D eigenvalue weighted by Crippen LogP contribution is 2.24. The van der Waals surface area contributed by atoms with Crippen LogP contribution in [0.2, 0.25) is 0 Å². The second kappa shape index (κ2) is 8.38. The molecule has 0 radical (unpaired) electrons. The number of rotatable bonds is 7. The van der Waals surface area contributed by atoms with Crippen LogP contribution in [0.5, 0.6) is 5.75 Å². The molecule has 0 atom stereocenters. The van der Waals surface area contributed by atoms with E-state index in [1.165, 1.54) is 11.8 Å². The molecule has 0 saturated heterocycles. The van der Waals surface area contributed by atoms with Crippen LogP contribution >= 0.6 is 11.8 Å². The maximum Gasteiger partial charge on any atom is 0.233 e. The molecule has 0 bridgehead atoms. The molecular formula is C18H26N4O2S. The van der Waals surface area contributed by atoms with E-state index in [9.17, 15) is 4.79 Å². The third kappa shape index (κ3) is 4.54. The Morgan fingerprint density at radius 2 is 1.76 bits per heavy atom. The number of carbonyl (C=O) groups is 1. The van der Waals surface area contributed by atoms with Gasteiger partial charge < -0.3 is 14.2 Å². The zero-order valence-corrected chi connectivity index (χ0v) is 16.5. The van der Waals surface area contributed by atoms with E-state index >= 15 is 0 Å². The molecule has 0 unspecified atom stereocenters. The van der Waals surface area contributed by atoms with E-state index in [-0.39, 0.29) is 18.0 Å². The number of aromatic nitrogens is 3. The number of methoxy groups -OCH3 is 1. The van der Waals surface area contributed by atoms with Crippen molar-refractivity contribution in [2.45, 2.75) is 44.9 Å². The minimum atomic E-state index is 0.115. The summed E-state index contributed by atoms with van der Waals surface area (Å²) in [4.78, 5) is 14.4. The zero-order valence-electron chi connectivity index (χ0n) is 15.7. The van der Waals surface area contributed by atoms with Gasteiger partial charge in [0.1, 0.15) is 5.75 Å². The second-order valence-corrected chi connectivity index (χ2v) is 7.31. The molecule has 0 aliphatic carbocycles. The first-order valence-corrected chi connectivity index (χ1v) is 9.31. The molecule has 1 aromatic carbocycles. The van der Waals surface area contributed by atoms with E-state index < -0.39 is 0 Å². The van der Waals surface area contributed by atoms with Crippen LogP contribution in [0, 0.1) is 0 Å². The Bertz CT molecular complexity index is 702. The maximum absolute atomic E-state index is 12.5. The molecule has 0 N–H and O–H groups in total. The van der Waals surface area contributed by atoms with Gasteiger partial charge in [0.25, 0.3) is 0 Å². The first-order valence-electron chi connectivity index (χ1n) is 8.33. The topological polar surface area (TPSA) is 60.3 Å². The van der Waals surface area contributed by atoms with Crippen LogP contribution in [0.4, 0.5) is 0 Å². The van der Waals surface area contributed by atoms with Crippen LogP contribution < -0.4 is 4.74 Å². The number of hydrogen-bond acceptors (Lipinski definition) is 5. The van der Waals surface area contributed by atoms with Crippen molar-refractivity contribution in [3.05, 3.63) is 24.3 Å². The minimum absolute atomic E-state index is 0.115. The average molecular weight is 362 g/mol. The summed E-state index contributed by atoms with van der Waals surface area (Å²) in [5, 5.41) is 9.22. The fourth-order valence-corrected chi connectivity index (χ4v) is 3.59. The number of thioether (sulfide) groups is 1. The van der Waals surface area contributed by atoms with Crippen molar-refractivity contribution in [1.82, 2.24) is 19.7 Å². The molecule has 7 heteroatoms. The fourth-order valence-electron chi connectivity index (χ4n) is 2.81. The number of ether oxygens (including phenoxy) is 1. The molecule has 25 heavy (non-hydrogen) atoms. The highest BCUT2D eigenvalue weighted by atomic mass is 32.2. The molecule has 0 aliphatic heterocycles. The van der Waals surface area contributed by atoms with Gasteiger partial charge in [0.2, 0.25) is 5.91 Å². The highest BCUT2D eigenvalue weighted by molar-refractivity contribution is 7.99. The Balaban J connectivity index is 2.09. The third-order valence-electron chi connectivity index (χ3n) is 3.91. The zero-order chi connectivity index (χ0) is 18.6. The van der Waals surface area contributed by atoms with Gasteiger partial charge in [-0.3, -0.25) is 4.79 Å². The van der Waals surface area contributed by atoms with E-state index in [0.717, 1.165) is 22.3 Å². The summed E-state index contributed by atoms with van der Waals surface area (Å²) in [5.74, 6) is 2.03. The van der Waals surface area contributed by atoms with E-state index in [2.05, 4.69) is 10.2 Å². The molecule has 1 heterocycles. The van der Waals surface area contributed by atoms with Gasteiger partial charge in [-0.1, -0.05) is 11.8 Å². The summed E-state index contributed by atoms with van der Waals surface area (Å²) in [5.41, 5.74) is 0.958. The summed E-state index contributed by atoms with van der Waals surface area (Å²) in [6, 6.07) is 8.04. The molecular weight excluding hydrogens is 336 g/mol. The lowest BCUT2D eigenvalue weighted by atomic mass is 10.2. The monoisotopic (exact) mass is 362 g/mol. The van der Waals surface area contributed by atoms with Crippen molar-refractivity contribution in [3.63, 3.8) is 0 Å². The number of amides is 1. The molecule has 136 valence electrons. The molecule has 2 aromatic rings. The van der Waals surface area contributed by atoms with E-state index in [4.69, 9.17) is 4.74 Å². The van der Waals surface area contributed by atoms with Crippen LogP contribution in [0.1, 0.15) is 27.7 Å². The van der Waals surface area contributed by atoms with Gasteiger partial charge in [-0.2, -0.15) is 0 Å². The van der Waals surface area contributed by atoms with E-state index in [0.29, 0.717) is 5.75 Å². The van der Waals surface area contributed by atoms with Crippen LogP contribution in [-0.4, -0.2) is 50.5 Å². The van der Waals surface area contributed by atoms with Gasteiger partial charge in [-0.05, 0) is 52.0 Å². The van der Waals surface area contributed by atoms with Crippen molar-refractivity contribution in [3.8, 4) is 17.1 Å². The van der Waals surface area contributed by atoms with Crippen molar-refractivity contribution in [1.29, 1.82) is 0 Å². The number of nitrogens with zero attached hydrogens (tertiary/aromatic N) is 4. The highest BCUT2D eigenvalue weighted by Gasteiger charge is 2.21. The molecule has 2 rings (SSSR count). The van der Waals surface area contributed by atoms with Gasteiger partial charge in [0, 0.05) is 24.7 Å². The largest absolute Gasteiger partial charge is 0.497 e. The van der Waals surface area contributed by atoms with Crippen LogP contribution in [0.25, 0.3) is 11.4 Å². The molecule has 6 nitrogen and oxygen atoms in total. The Kier molecular flexibility index (Phi) is 6.47. The van der Waals surface area contributed by atoms with Crippen molar-refractivity contribution >= 4 is 17.7 Å². The number of hydrogen-bond donors (Lipinski definition) is 0. The van der Waals surface area contributed by atoms with E-state index in [1.54, 1.807) is 7.11 Å². The fraction of sp³-hybridized carbons (Fsp3) is 0.500. The van der Waals surface area contributed by atoms with Gasteiger partial charge in [0.05, 0.1) is 12.9 Å². The average Bonchev–Trinajstić information content (AvgIpc) is 2.93. The third-order valence-corrected chi connectivity index (χ3v) is 4.91. The van der Waals surface area contributed by atoms with Crippen molar-refractivity contribution < 1.29 is 9.53 Å². The van der Waals surface area contributed by atoms with Gasteiger partial charge in [-0.15, -0.1) is 10.2 Å². The SMILES string of the molecule is COc1ccc(-c2nnc(SCC(=O)N(C(C)C)C(C)C)n2C)cc1. The Labute approximate surface area is 153 Å². The number of benzene rings is 1. The summed E-state index contributed by atoms with van der Waals surface area (Å²) < 4.78 is 7.09. The molecule has 0 saturated carbocycles. The molecule has 0 spiro atoms. The Hall–Kier alpha value is -2.02. The predicted molar refractivity (Wildman–Crippen MR) is 101 cm³/mol. The summed E-state index contributed by atoms with van der Waals surface area (Å²) >= 11 is 1.41. The van der Waals surface area contributed by atoms with E-state index in [1.807, 2.05) is 68.5 Å². The number of carbonyl (C=O) groups excluding carboxylic acids is 1. The molecule has 1 aromatic heterocycles. The van der Waals surface area contributed by atoms with Crippen LogP contribution in [0.15, 0.2) is 29.4 Å². The minimum Gasteiger partial charge on any atom is -0.497 e. The second-order valence-electron chi connectivity index (χ2n) is 6.37. The van der Waals surface area contributed by atoms with Crippen molar-refractivity contribution in [2.24, 2.45) is 7.05 Å². The quantitative estimate of drug-likeness (QED) is 0.708. The lowest BCUT2D eigenvalue weighted by Crippen LogP contribution is -2.43. The Morgan fingerprint density at radius 1 is 1.16 bits per heavy atom. The van der Waals surface area contributed by atoms with Gasteiger partial charge >= 0.3 is 0 Å². The lowest BCUT2D eigenvalue weighted by Gasteiger charge is -2.30. The summed E-state index contributed by atoms with van der Waals surface area (Å²) in [6.07, 6.45) is 0. The standard InChI is InChI=1S/C18H26N4O2S/c1-12(2)22(13(3)4)16(23)11-25-18-20-19-17(21(18)5)14-7-9-15(24-6)10-8-14/h7-10,12-13H,11H2,1-6H3. The lowest BCUT2D eigenvalue weighted by molar-refractivity contribution is -0.131. The summed E-state index contributed by atoms with van der Waals surface area (Å²) in [6.45, 7) is 8.14. The van der Waals surface area contributed by atoms with Gasteiger partial charge in [-0.25, -0.2) is 0 Å². The first kappa shape index (κ1) is 19.3. The van der Waals surface area contributed by atoms with Crippen molar-refractivity contribution in [2.75, 3.05) is 12.9 Å².